The fraction of sp³-hybridized carbons (Fsp3) is 0.263. The first kappa shape index (κ1) is 17.1. The lowest BCUT2D eigenvalue weighted by atomic mass is 10.1. The van der Waals surface area contributed by atoms with Gasteiger partial charge >= 0.3 is 0 Å². The number of amides is 1. The third-order valence-electron chi connectivity index (χ3n) is 3.91. The summed E-state index contributed by atoms with van der Waals surface area (Å²) in [5, 5.41) is 10.6. The molecule has 1 aromatic carbocycles. The number of pyridine rings is 1. The van der Waals surface area contributed by atoms with E-state index in [9.17, 15) is 9.90 Å². The van der Waals surface area contributed by atoms with Gasteiger partial charge in [0.2, 0.25) is 0 Å². The molecule has 130 valence electrons. The summed E-state index contributed by atoms with van der Waals surface area (Å²) >= 11 is 0. The van der Waals surface area contributed by atoms with Crippen LogP contribution >= 0.6 is 0 Å². The second kappa shape index (κ2) is 7.46. The Kier molecular flexibility index (Phi) is 5.11. The number of nitrogens with zero attached hydrogens (tertiary/aromatic N) is 2. The van der Waals surface area contributed by atoms with Gasteiger partial charge < -0.3 is 19.2 Å². The number of aliphatic hydroxyl groups is 1. The fourth-order valence-corrected chi connectivity index (χ4v) is 2.75. The molecule has 6 heteroatoms. The summed E-state index contributed by atoms with van der Waals surface area (Å²) in [5.41, 5.74) is 1.83. The number of furan rings is 1. The molecule has 0 spiro atoms. The molecule has 0 saturated carbocycles. The lowest BCUT2D eigenvalue weighted by molar-refractivity contribution is 0.0381. The van der Waals surface area contributed by atoms with Crippen LogP contribution in [0.1, 0.15) is 10.4 Å². The van der Waals surface area contributed by atoms with Gasteiger partial charge in [-0.15, -0.1) is 0 Å². The average Bonchev–Trinajstić information content (AvgIpc) is 3.15. The van der Waals surface area contributed by atoms with E-state index >= 15 is 0 Å². The van der Waals surface area contributed by atoms with Crippen molar-refractivity contribution in [2.45, 2.75) is 6.10 Å². The Bertz CT molecular complexity index is 861. The molecule has 0 bridgehead atoms. The average molecular weight is 340 g/mol. The first-order valence-corrected chi connectivity index (χ1v) is 7.96. The van der Waals surface area contributed by atoms with E-state index in [1.165, 1.54) is 12.0 Å². The molecule has 0 fully saturated rings. The quantitative estimate of drug-likeness (QED) is 0.746. The van der Waals surface area contributed by atoms with Gasteiger partial charge in [0, 0.05) is 26.1 Å². The largest absolute Gasteiger partial charge is 0.463 e. The number of aliphatic hydroxyl groups excluding tert-OH is 1. The van der Waals surface area contributed by atoms with Gasteiger partial charge in [-0.25, -0.2) is 4.98 Å². The third-order valence-corrected chi connectivity index (χ3v) is 3.91. The maximum absolute atomic E-state index is 12.9. The lowest BCUT2D eigenvalue weighted by Gasteiger charge is -2.21. The van der Waals surface area contributed by atoms with Crippen LogP contribution in [0.3, 0.4) is 0 Å². The summed E-state index contributed by atoms with van der Waals surface area (Å²) in [6.07, 6.45) is 0.831. The van der Waals surface area contributed by atoms with Crippen molar-refractivity contribution < 1.29 is 19.1 Å². The van der Waals surface area contributed by atoms with Crippen LogP contribution in [0.2, 0.25) is 0 Å². The normalized spacial score (nSPS) is 12.3. The maximum atomic E-state index is 12.9. The van der Waals surface area contributed by atoms with E-state index in [0.717, 1.165) is 5.39 Å². The molecule has 2 heterocycles. The van der Waals surface area contributed by atoms with Gasteiger partial charge in [0.1, 0.15) is 5.69 Å². The van der Waals surface area contributed by atoms with Crippen LogP contribution in [-0.4, -0.2) is 54.3 Å². The summed E-state index contributed by atoms with van der Waals surface area (Å²) in [6.45, 7) is 0.353. The molecule has 0 radical (unpaired) electrons. The fourth-order valence-electron chi connectivity index (χ4n) is 2.75. The zero-order chi connectivity index (χ0) is 17.8. The Labute approximate surface area is 145 Å². The Balaban J connectivity index is 2.00. The van der Waals surface area contributed by atoms with Gasteiger partial charge in [-0.2, -0.15) is 0 Å². The molecule has 1 amide bonds. The van der Waals surface area contributed by atoms with Crippen LogP contribution in [0.25, 0.3) is 22.4 Å². The molecule has 2 aromatic heterocycles. The second-order valence-corrected chi connectivity index (χ2v) is 5.84. The Morgan fingerprint density at radius 3 is 2.84 bits per heavy atom. The summed E-state index contributed by atoms with van der Waals surface area (Å²) in [4.78, 5) is 19.0. The number of ether oxygens (including phenoxy) is 1. The van der Waals surface area contributed by atoms with Crippen molar-refractivity contribution in [1.82, 2.24) is 9.88 Å². The molecule has 1 N–H and O–H groups in total. The smallest absolute Gasteiger partial charge is 0.254 e. The van der Waals surface area contributed by atoms with E-state index in [4.69, 9.17) is 9.15 Å². The van der Waals surface area contributed by atoms with Crippen LogP contribution in [0.15, 0.2) is 53.1 Å². The van der Waals surface area contributed by atoms with Gasteiger partial charge in [0.25, 0.3) is 5.91 Å². The molecule has 1 unspecified atom stereocenters. The molecular formula is C19H20N2O4. The molecule has 0 saturated heterocycles. The number of hydrogen-bond acceptors (Lipinski definition) is 5. The van der Waals surface area contributed by atoms with E-state index < -0.39 is 6.10 Å². The minimum absolute atomic E-state index is 0.173. The molecule has 0 aliphatic heterocycles. The van der Waals surface area contributed by atoms with Crippen LogP contribution in [0.4, 0.5) is 0 Å². The highest BCUT2D eigenvalue weighted by molar-refractivity contribution is 6.07. The SMILES string of the molecule is COCC(O)CN(C)C(=O)c1cc(-c2ccco2)nc2ccccc12. The number of methoxy groups -OCH3 is 1. The summed E-state index contributed by atoms with van der Waals surface area (Å²) in [5.74, 6) is 0.406. The van der Waals surface area contributed by atoms with Crippen molar-refractivity contribution in [1.29, 1.82) is 0 Å². The van der Waals surface area contributed by atoms with Crippen molar-refractivity contribution >= 4 is 16.8 Å². The van der Waals surface area contributed by atoms with Gasteiger partial charge in [-0.1, -0.05) is 18.2 Å². The summed E-state index contributed by atoms with van der Waals surface area (Å²) in [7, 11) is 3.17. The monoisotopic (exact) mass is 340 g/mol. The first-order chi connectivity index (χ1) is 12.1. The Hall–Kier alpha value is -2.70. The Morgan fingerprint density at radius 2 is 2.12 bits per heavy atom. The molecule has 3 rings (SSSR count). The predicted octanol–water partition coefficient (Wildman–Crippen LogP) is 2.57. The zero-order valence-electron chi connectivity index (χ0n) is 14.2. The number of fused-ring (bicyclic) bond motifs is 1. The molecule has 25 heavy (non-hydrogen) atoms. The highest BCUT2D eigenvalue weighted by atomic mass is 16.5. The summed E-state index contributed by atoms with van der Waals surface area (Å²) < 4.78 is 10.3. The van der Waals surface area contributed by atoms with Gasteiger partial charge in [0.15, 0.2) is 5.76 Å². The van der Waals surface area contributed by atoms with Crippen molar-refractivity contribution in [3.63, 3.8) is 0 Å². The molecule has 3 aromatic rings. The van der Waals surface area contributed by atoms with Crippen molar-refractivity contribution in [3.8, 4) is 11.5 Å². The third kappa shape index (κ3) is 3.70. The number of likely N-dealkylation sites (N-methyl/N-ethyl adjacent to an activating group) is 1. The molecule has 0 aliphatic carbocycles. The first-order valence-electron chi connectivity index (χ1n) is 7.96. The molecule has 6 nitrogen and oxygen atoms in total. The standard InChI is InChI=1S/C19H20N2O4/c1-21(11-13(22)12-24-2)19(23)15-10-17(18-8-5-9-25-18)20-16-7-4-3-6-14(15)16/h3-10,13,22H,11-12H2,1-2H3. The minimum Gasteiger partial charge on any atom is -0.463 e. The van der Waals surface area contributed by atoms with Crippen molar-refractivity contribution in [2.75, 3.05) is 27.3 Å². The number of rotatable bonds is 6. The van der Waals surface area contributed by atoms with E-state index in [1.54, 1.807) is 31.5 Å². The Morgan fingerprint density at radius 1 is 1.32 bits per heavy atom. The lowest BCUT2D eigenvalue weighted by Crippen LogP contribution is -2.36. The van der Waals surface area contributed by atoms with Crippen LogP contribution in [0.5, 0.6) is 0 Å². The number of carbonyl (C=O) groups excluding carboxylic acids is 1. The number of hydrogen-bond donors (Lipinski definition) is 1. The highest BCUT2D eigenvalue weighted by Crippen LogP contribution is 2.26. The predicted molar refractivity (Wildman–Crippen MR) is 94.3 cm³/mol. The van der Waals surface area contributed by atoms with Gasteiger partial charge in [0.05, 0.1) is 30.1 Å². The number of benzene rings is 1. The number of aromatic nitrogens is 1. The molecular weight excluding hydrogens is 320 g/mol. The van der Waals surface area contributed by atoms with Crippen molar-refractivity contribution in [2.24, 2.45) is 0 Å². The highest BCUT2D eigenvalue weighted by Gasteiger charge is 2.20. The van der Waals surface area contributed by atoms with Gasteiger partial charge in [-0.3, -0.25) is 4.79 Å². The summed E-state index contributed by atoms with van der Waals surface area (Å²) in [6, 6.07) is 12.8. The second-order valence-electron chi connectivity index (χ2n) is 5.84. The maximum Gasteiger partial charge on any atom is 0.254 e. The minimum atomic E-state index is -0.739. The van der Waals surface area contributed by atoms with E-state index in [2.05, 4.69) is 4.98 Å². The number of carbonyl (C=O) groups is 1. The van der Waals surface area contributed by atoms with Crippen LogP contribution in [-0.2, 0) is 4.74 Å². The number of para-hydroxylation sites is 1. The van der Waals surface area contributed by atoms with E-state index in [1.807, 2.05) is 24.3 Å². The van der Waals surface area contributed by atoms with Crippen LogP contribution < -0.4 is 0 Å². The van der Waals surface area contributed by atoms with Gasteiger partial charge in [-0.05, 0) is 24.3 Å². The van der Waals surface area contributed by atoms with E-state index in [0.29, 0.717) is 22.5 Å². The molecule has 1 atom stereocenters. The van der Waals surface area contributed by atoms with Crippen LogP contribution in [0, 0.1) is 0 Å². The van der Waals surface area contributed by atoms with E-state index in [-0.39, 0.29) is 19.1 Å². The molecule has 0 aliphatic rings. The van der Waals surface area contributed by atoms with Crippen molar-refractivity contribution in [3.05, 3.63) is 54.3 Å². The zero-order valence-corrected chi connectivity index (χ0v) is 14.2. The topological polar surface area (TPSA) is 75.8 Å².